The van der Waals surface area contributed by atoms with Gasteiger partial charge in [0.2, 0.25) is 6.41 Å². The minimum Gasteiger partial charge on any atom is -0.446 e. The smallest absolute Gasteiger partial charge is 0.411 e. The summed E-state index contributed by atoms with van der Waals surface area (Å²) in [4.78, 5) is 46.9. The number of nitrogens with one attached hydrogen (secondary N) is 2. The number of rotatable bonds is 12. The molecular formula is C33H40N6O4. The molecular weight excluding hydrogens is 544 g/mol. The average molecular weight is 585 g/mol. The summed E-state index contributed by atoms with van der Waals surface area (Å²) in [5.74, 6) is -0.0295. The maximum atomic E-state index is 12.7. The SMILES string of the molecule is O=CN1CCN(Cc2ccc(C(=O)CNCCN3CCC(OC(=O)Nc4ccccc4-c4ccccc4)CC3)nc2)CC1. The molecule has 2 aliphatic rings. The Kier molecular flexibility index (Phi) is 10.9. The number of amides is 2. The van der Waals surface area contributed by atoms with Gasteiger partial charge in [-0.3, -0.25) is 24.8 Å². The van der Waals surface area contributed by atoms with Gasteiger partial charge in [0.05, 0.1) is 12.2 Å². The van der Waals surface area contributed by atoms with Crippen LogP contribution in [0.2, 0.25) is 0 Å². The van der Waals surface area contributed by atoms with E-state index >= 15 is 0 Å². The summed E-state index contributed by atoms with van der Waals surface area (Å²) in [5.41, 5.74) is 4.24. The van der Waals surface area contributed by atoms with E-state index < -0.39 is 6.09 Å². The first-order valence-electron chi connectivity index (χ1n) is 15.0. The van der Waals surface area contributed by atoms with E-state index in [2.05, 4.69) is 25.4 Å². The molecule has 43 heavy (non-hydrogen) atoms. The number of anilines is 1. The van der Waals surface area contributed by atoms with Crippen molar-refractivity contribution in [1.82, 2.24) is 25.0 Å². The van der Waals surface area contributed by atoms with Crippen molar-refractivity contribution in [3.05, 3.63) is 84.2 Å². The highest BCUT2D eigenvalue weighted by atomic mass is 16.6. The number of likely N-dealkylation sites (tertiary alicyclic amines) is 1. The van der Waals surface area contributed by atoms with Gasteiger partial charge >= 0.3 is 6.09 Å². The quantitative estimate of drug-likeness (QED) is 0.189. The summed E-state index contributed by atoms with van der Waals surface area (Å²) in [7, 11) is 0. The van der Waals surface area contributed by atoms with Crippen molar-refractivity contribution in [3.8, 4) is 11.1 Å². The van der Waals surface area contributed by atoms with Crippen molar-refractivity contribution < 1.29 is 19.1 Å². The molecule has 3 aromatic rings. The first kappa shape index (κ1) is 30.3. The fourth-order valence-electron chi connectivity index (χ4n) is 5.50. The van der Waals surface area contributed by atoms with Gasteiger partial charge in [0.25, 0.3) is 0 Å². The minimum atomic E-state index is -0.430. The van der Waals surface area contributed by atoms with Gasteiger partial charge in [0, 0.05) is 70.7 Å². The maximum absolute atomic E-state index is 12.7. The predicted octanol–water partition coefficient (Wildman–Crippen LogP) is 3.51. The second-order valence-corrected chi connectivity index (χ2v) is 11.1. The standard InChI is InChI=1S/C33H40N6O4/c40-25-39-20-18-38(19-21-39)24-26-10-11-31(35-22-26)32(41)23-34-14-17-37-15-12-28(13-16-37)43-33(42)36-30-9-5-4-8-29(30)27-6-2-1-3-7-27/h1-11,22,25,28,34H,12-21,23-24H2,(H,36,42). The van der Waals surface area contributed by atoms with E-state index in [9.17, 15) is 14.4 Å². The molecule has 0 aliphatic carbocycles. The lowest BCUT2D eigenvalue weighted by molar-refractivity contribution is -0.119. The Bertz CT molecular complexity index is 1340. The molecule has 226 valence electrons. The van der Waals surface area contributed by atoms with Crippen LogP contribution >= 0.6 is 0 Å². The molecule has 0 bridgehead atoms. The van der Waals surface area contributed by atoms with Crippen LogP contribution in [0, 0.1) is 0 Å². The molecule has 0 unspecified atom stereocenters. The summed E-state index contributed by atoms with van der Waals surface area (Å²) in [6, 6.07) is 21.4. The molecule has 0 radical (unpaired) electrons. The Labute approximate surface area is 253 Å². The van der Waals surface area contributed by atoms with Crippen LogP contribution in [0.3, 0.4) is 0 Å². The summed E-state index contributed by atoms with van der Waals surface area (Å²) in [6.07, 6.45) is 3.67. The first-order valence-corrected chi connectivity index (χ1v) is 15.0. The molecule has 10 nitrogen and oxygen atoms in total. The van der Waals surface area contributed by atoms with Crippen LogP contribution in [-0.4, -0.2) is 103 Å². The van der Waals surface area contributed by atoms with Crippen LogP contribution in [0.5, 0.6) is 0 Å². The molecule has 5 rings (SSSR count). The van der Waals surface area contributed by atoms with Crippen molar-refractivity contribution in [2.75, 3.05) is 64.2 Å². The lowest BCUT2D eigenvalue weighted by Crippen LogP contribution is -2.45. The number of carbonyl (C=O) groups excluding carboxylic acids is 3. The number of Topliss-reactive ketones (excluding diaryl/α,β-unsaturated/α-hetero) is 1. The Morgan fingerprint density at radius 3 is 2.35 bits per heavy atom. The van der Waals surface area contributed by atoms with E-state index in [1.54, 1.807) is 17.2 Å². The average Bonchev–Trinajstić information content (AvgIpc) is 3.05. The number of pyridine rings is 1. The van der Waals surface area contributed by atoms with Gasteiger partial charge in [0.1, 0.15) is 11.8 Å². The van der Waals surface area contributed by atoms with E-state index in [1.807, 2.05) is 60.7 Å². The summed E-state index contributed by atoms with van der Waals surface area (Å²) in [5, 5.41) is 6.16. The highest BCUT2D eigenvalue weighted by Gasteiger charge is 2.23. The van der Waals surface area contributed by atoms with Gasteiger partial charge in [-0.2, -0.15) is 0 Å². The second-order valence-electron chi connectivity index (χ2n) is 11.1. The number of benzene rings is 2. The van der Waals surface area contributed by atoms with E-state index in [1.165, 1.54) is 0 Å². The largest absolute Gasteiger partial charge is 0.446 e. The number of hydrogen-bond donors (Lipinski definition) is 2. The molecule has 2 aromatic carbocycles. The number of aromatic nitrogens is 1. The summed E-state index contributed by atoms with van der Waals surface area (Å²) < 4.78 is 5.74. The van der Waals surface area contributed by atoms with Crippen LogP contribution in [0.15, 0.2) is 72.9 Å². The van der Waals surface area contributed by atoms with Crippen LogP contribution in [-0.2, 0) is 16.1 Å². The Hall–Kier alpha value is -4.12. The van der Waals surface area contributed by atoms with Crippen molar-refractivity contribution in [2.24, 2.45) is 0 Å². The van der Waals surface area contributed by atoms with E-state index in [4.69, 9.17) is 4.74 Å². The number of piperazine rings is 1. The molecule has 0 atom stereocenters. The Morgan fingerprint density at radius 1 is 0.884 bits per heavy atom. The number of ether oxygens (including phenoxy) is 1. The monoisotopic (exact) mass is 584 g/mol. The molecule has 2 N–H and O–H groups in total. The van der Waals surface area contributed by atoms with E-state index in [0.29, 0.717) is 12.2 Å². The van der Waals surface area contributed by atoms with E-state index in [0.717, 1.165) is 94.0 Å². The van der Waals surface area contributed by atoms with Gasteiger partial charge in [0.15, 0.2) is 5.78 Å². The molecule has 10 heteroatoms. The number of hydrogen-bond acceptors (Lipinski definition) is 8. The number of para-hydroxylation sites is 1. The fourth-order valence-corrected chi connectivity index (χ4v) is 5.50. The third-order valence-corrected chi connectivity index (χ3v) is 8.02. The number of ketones is 1. The third kappa shape index (κ3) is 8.93. The van der Waals surface area contributed by atoms with Gasteiger partial charge < -0.3 is 19.9 Å². The van der Waals surface area contributed by atoms with E-state index in [-0.39, 0.29) is 18.4 Å². The number of piperidine rings is 1. The van der Waals surface area contributed by atoms with Crippen molar-refractivity contribution >= 4 is 24.0 Å². The molecule has 2 fully saturated rings. The van der Waals surface area contributed by atoms with Crippen LogP contribution in [0.25, 0.3) is 11.1 Å². The molecule has 0 saturated carbocycles. The molecule has 2 saturated heterocycles. The second kappa shape index (κ2) is 15.4. The zero-order chi connectivity index (χ0) is 29.9. The Balaban J connectivity index is 0.964. The zero-order valence-electron chi connectivity index (χ0n) is 24.5. The molecule has 2 aliphatic heterocycles. The molecule has 3 heterocycles. The van der Waals surface area contributed by atoms with Gasteiger partial charge in [-0.05, 0) is 36.1 Å². The van der Waals surface area contributed by atoms with Crippen molar-refractivity contribution in [3.63, 3.8) is 0 Å². The highest BCUT2D eigenvalue weighted by molar-refractivity contribution is 5.95. The topological polar surface area (TPSA) is 107 Å². The van der Waals surface area contributed by atoms with Gasteiger partial charge in [-0.25, -0.2) is 4.79 Å². The highest BCUT2D eigenvalue weighted by Crippen LogP contribution is 2.28. The van der Waals surface area contributed by atoms with Crippen LogP contribution in [0.1, 0.15) is 28.9 Å². The molecule has 1 aromatic heterocycles. The first-order chi connectivity index (χ1) is 21.1. The van der Waals surface area contributed by atoms with Gasteiger partial charge in [-0.1, -0.05) is 54.6 Å². The van der Waals surface area contributed by atoms with Crippen molar-refractivity contribution in [1.29, 1.82) is 0 Å². The van der Waals surface area contributed by atoms with Crippen LogP contribution < -0.4 is 10.6 Å². The Morgan fingerprint density at radius 2 is 1.63 bits per heavy atom. The normalized spacial score (nSPS) is 16.5. The lowest BCUT2D eigenvalue weighted by Gasteiger charge is -2.32. The minimum absolute atomic E-state index is 0.0295. The molecule has 2 amide bonds. The maximum Gasteiger partial charge on any atom is 0.411 e. The van der Waals surface area contributed by atoms with Gasteiger partial charge in [-0.15, -0.1) is 0 Å². The zero-order valence-corrected chi connectivity index (χ0v) is 24.5. The fraction of sp³-hybridized carbons (Fsp3) is 0.394. The predicted molar refractivity (Wildman–Crippen MR) is 166 cm³/mol. The number of carbonyl (C=O) groups is 3. The number of nitrogens with zero attached hydrogens (tertiary/aromatic N) is 4. The third-order valence-electron chi connectivity index (χ3n) is 8.02. The molecule has 0 spiro atoms. The summed E-state index contributed by atoms with van der Waals surface area (Å²) >= 11 is 0. The lowest BCUT2D eigenvalue weighted by atomic mass is 10.0. The van der Waals surface area contributed by atoms with Crippen LogP contribution in [0.4, 0.5) is 10.5 Å². The van der Waals surface area contributed by atoms with Crippen molar-refractivity contribution in [2.45, 2.75) is 25.5 Å². The summed E-state index contributed by atoms with van der Waals surface area (Å²) in [6.45, 7) is 7.36.